The van der Waals surface area contributed by atoms with Gasteiger partial charge in [-0.1, -0.05) is 54.6 Å². The van der Waals surface area contributed by atoms with Crippen molar-refractivity contribution in [2.24, 2.45) is 20.5 Å². The number of aromatic carboxylic acids is 2. The van der Waals surface area contributed by atoms with E-state index in [1.807, 2.05) is 18.2 Å². The Morgan fingerprint density at radius 2 is 1.13 bits per heavy atom. The minimum Gasteiger partial charge on any atom is -0.545 e. The van der Waals surface area contributed by atoms with Gasteiger partial charge >= 0.3 is 45.5 Å². The average Bonchev–Trinajstić information content (AvgIpc) is 3.58. The number of sulfonamides is 1. The van der Waals surface area contributed by atoms with Crippen molar-refractivity contribution in [1.29, 1.82) is 0 Å². The van der Waals surface area contributed by atoms with Crippen LogP contribution in [0.1, 0.15) is 32.1 Å². The molecule has 0 aliphatic heterocycles. The van der Waals surface area contributed by atoms with Gasteiger partial charge in [0.05, 0.1) is 40.0 Å². The van der Waals surface area contributed by atoms with Gasteiger partial charge in [0.2, 0.25) is 0 Å². The molecule has 0 bridgehead atoms. The molecule has 6 rings (SSSR count). The van der Waals surface area contributed by atoms with Gasteiger partial charge in [0.15, 0.2) is 11.4 Å². The third-order valence-electron chi connectivity index (χ3n) is 7.30. The number of benzene rings is 4. The van der Waals surface area contributed by atoms with Gasteiger partial charge in [0, 0.05) is 22.9 Å². The van der Waals surface area contributed by atoms with E-state index >= 15 is 0 Å². The molecule has 0 amide bonds. The summed E-state index contributed by atoms with van der Waals surface area (Å²) in [5, 5.41) is 44.7. The zero-order valence-corrected chi connectivity index (χ0v) is 32.9. The molecule has 2 aromatic heterocycles. The van der Waals surface area contributed by atoms with Crippen LogP contribution in [0.5, 0.6) is 0 Å². The maximum atomic E-state index is 12.7. The second kappa shape index (κ2) is 18.5. The third kappa shape index (κ3) is 9.91. The molecule has 0 aliphatic rings. The molecular formula is C34H29CrN9NaO8S+. The van der Waals surface area contributed by atoms with Crippen LogP contribution in [0.15, 0.2) is 138 Å². The van der Waals surface area contributed by atoms with Gasteiger partial charge in [-0.05, 0) is 62.4 Å². The number of H-pyrrole nitrogens is 2. The summed E-state index contributed by atoms with van der Waals surface area (Å²) in [6.07, 6.45) is 0. The van der Waals surface area contributed by atoms with Crippen LogP contribution in [0.4, 0.5) is 22.7 Å². The summed E-state index contributed by atoms with van der Waals surface area (Å²) < 4.78 is 25.7. The molecule has 0 saturated carbocycles. The summed E-state index contributed by atoms with van der Waals surface area (Å²) in [5.74, 6) is -2.51. The summed E-state index contributed by atoms with van der Waals surface area (Å²) in [6.45, 7) is 3.29. The summed E-state index contributed by atoms with van der Waals surface area (Å²) in [4.78, 5) is 47.4. The fourth-order valence-corrected chi connectivity index (χ4v) is 5.34. The molecule has 0 aliphatic carbocycles. The molecule has 6 aromatic rings. The van der Waals surface area contributed by atoms with Crippen LogP contribution in [-0.2, 0) is 27.4 Å². The van der Waals surface area contributed by atoms with E-state index in [9.17, 15) is 37.8 Å². The number of carboxylic acid groups (broad SMARTS) is 2. The van der Waals surface area contributed by atoms with Crippen LogP contribution in [0.2, 0.25) is 0 Å². The predicted molar refractivity (Wildman–Crippen MR) is 185 cm³/mol. The number of azo groups is 2. The number of rotatable bonds is 9. The molecule has 54 heavy (non-hydrogen) atoms. The maximum absolute atomic E-state index is 12.7. The predicted octanol–water partition coefficient (Wildman–Crippen LogP) is 0.773. The molecule has 0 fully saturated rings. The fourth-order valence-electron chi connectivity index (χ4n) is 4.75. The number of hydrogen-bond donors (Lipinski definition) is 4. The van der Waals surface area contributed by atoms with Gasteiger partial charge in [-0.3, -0.25) is 19.8 Å². The summed E-state index contributed by atoms with van der Waals surface area (Å²) >= 11 is 0. The molecule has 20 heteroatoms. The first kappa shape index (κ1) is 42.9. The number of carbonyl (C=O) groups excluding carboxylic acids is 1. The molecule has 17 nitrogen and oxygen atoms in total. The Hall–Kier alpha value is -5.52. The molecule has 0 unspecified atom stereocenters. The first-order valence-corrected chi connectivity index (χ1v) is 16.7. The smallest absolute Gasteiger partial charge is 0.545 e. The van der Waals surface area contributed by atoms with Crippen molar-refractivity contribution in [2.75, 3.05) is 0 Å². The monoisotopic (exact) mass is 798 g/mol. The van der Waals surface area contributed by atoms with Crippen molar-refractivity contribution < 1.29 is 80.3 Å². The van der Waals surface area contributed by atoms with Crippen LogP contribution in [-0.4, -0.2) is 45.0 Å². The number of quaternary nitrogens is 1. The van der Waals surface area contributed by atoms with Crippen molar-refractivity contribution in [3.8, 4) is 11.4 Å². The van der Waals surface area contributed by atoms with E-state index in [0.717, 1.165) is 4.68 Å². The number of carbonyl (C=O) groups is 2. The Morgan fingerprint density at radius 3 is 1.63 bits per heavy atom. The number of nitrogens with one attached hydrogen (secondary N) is 2. The van der Waals surface area contributed by atoms with Gasteiger partial charge in [-0.2, -0.15) is 8.42 Å². The molecule has 270 valence electrons. The van der Waals surface area contributed by atoms with Gasteiger partial charge < -0.3 is 15.0 Å². The van der Waals surface area contributed by atoms with Gasteiger partial charge in [0.1, 0.15) is 10.6 Å². The SMILES string of the molecule is Cc1[nH]n(-c2cccc(S([NH3+])(=O)=O)c2)c(=O)c1N=Nc1ccccc1C(=O)O.Cc1[nH]n(-c2ccccc2)c(=O)c1N=Nc1ccccc1C(=O)[O-].[Cr].[Na+]. The van der Waals surface area contributed by atoms with Crippen molar-refractivity contribution in [2.45, 2.75) is 18.7 Å². The Labute approximate surface area is 339 Å². The summed E-state index contributed by atoms with van der Waals surface area (Å²) in [7, 11) is -3.69. The molecule has 2 heterocycles. The normalized spacial score (nSPS) is 11.0. The zero-order valence-electron chi connectivity index (χ0n) is 28.8. The van der Waals surface area contributed by atoms with Crippen LogP contribution in [0.3, 0.4) is 0 Å². The van der Waals surface area contributed by atoms with Gasteiger partial charge in [-0.15, -0.1) is 20.5 Å². The second-order valence-electron chi connectivity index (χ2n) is 10.9. The number of carboxylic acids is 2. The molecule has 0 radical (unpaired) electrons. The molecule has 6 N–H and O–H groups in total. The second-order valence-corrected chi connectivity index (χ2v) is 12.6. The quantitative estimate of drug-likeness (QED) is 0.120. The average molecular weight is 799 g/mol. The van der Waals surface area contributed by atoms with Crippen LogP contribution in [0, 0.1) is 13.8 Å². The number of aromatic amines is 2. The minimum absolute atomic E-state index is 0. The van der Waals surface area contributed by atoms with E-state index < -0.39 is 27.5 Å². The Morgan fingerprint density at radius 1 is 0.685 bits per heavy atom. The van der Waals surface area contributed by atoms with Crippen LogP contribution >= 0.6 is 0 Å². The molecule has 0 saturated heterocycles. The first-order chi connectivity index (χ1) is 24.8. The fraction of sp³-hybridized carbons (Fsp3) is 0.0588. The van der Waals surface area contributed by atoms with Crippen LogP contribution < -0.4 is 50.9 Å². The number of aromatic nitrogens is 4. The Kier molecular flexibility index (Phi) is 14.7. The van der Waals surface area contributed by atoms with Crippen molar-refractivity contribution in [1.82, 2.24) is 19.6 Å². The minimum atomic E-state index is -3.69. The van der Waals surface area contributed by atoms with Gasteiger partial charge in [0.25, 0.3) is 11.1 Å². The topological polar surface area (TPSA) is 264 Å². The molecule has 0 atom stereocenters. The van der Waals surface area contributed by atoms with E-state index in [1.165, 1.54) is 47.1 Å². The van der Waals surface area contributed by atoms with Gasteiger partial charge in [-0.25, -0.2) is 19.3 Å². The third-order valence-corrected chi connectivity index (χ3v) is 8.28. The van der Waals surface area contributed by atoms with E-state index in [4.69, 9.17) is 0 Å². The van der Waals surface area contributed by atoms with Crippen LogP contribution in [0.25, 0.3) is 11.4 Å². The zero-order chi connectivity index (χ0) is 37.6. The van der Waals surface area contributed by atoms with E-state index in [-0.39, 0.29) is 96.9 Å². The standard InChI is InChI=1S/C17H15N5O5S.C17H14N4O3.Cr.Na/c1-10-15(20-19-14-8-3-2-7-13(14)17(24)25)16(23)22(21-10)11-5-4-6-12(9-11)28(18,26)27;1-11-15(16(22)21(20-11)12-7-3-2-4-8-12)19-18-14-10-6-5-9-13(14)17(23)24;;/h2-9,21H,1H3,(H,24,25)(H2,18,26,27);2-10,20H,1H3,(H,23,24);;/q;;;+1. The molecule has 4 aromatic carbocycles. The van der Waals surface area contributed by atoms with E-state index in [2.05, 4.69) is 35.8 Å². The number of para-hydroxylation sites is 1. The Balaban J connectivity index is 0.000000283. The summed E-state index contributed by atoms with van der Waals surface area (Å²) in [6, 6.07) is 26.8. The molecular weight excluding hydrogens is 769 g/mol. The van der Waals surface area contributed by atoms with E-state index in [0.29, 0.717) is 17.1 Å². The largest absolute Gasteiger partial charge is 1.00 e. The molecule has 0 spiro atoms. The van der Waals surface area contributed by atoms with Crippen molar-refractivity contribution >= 4 is 44.7 Å². The maximum Gasteiger partial charge on any atom is 1.00 e. The number of nitrogens with zero attached hydrogens (tertiary/aromatic N) is 6. The number of aryl methyl sites for hydroxylation is 2. The van der Waals surface area contributed by atoms with E-state index in [1.54, 1.807) is 56.3 Å². The van der Waals surface area contributed by atoms with Crippen molar-refractivity contribution in [3.05, 3.63) is 146 Å². The Bertz CT molecular complexity index is 2600. The van der Waals surface area contributed by atoms with Crippen molar-refractivity contribution in [3.63, 3.8) is 0 Å². The summed E-state index contributed by atoms with van der Waals surface area (Å²) in [5.41, 5.74) is 1.12. The number of hydrogen-bond acceptors (Lipinski definition) is 11. The first-order valence-electron chi connectivity index (χ1n) is 15.1.